The van der Waals surface area contributed by atoms with Gasteiger partial charge in [-0.05, 0) is 54.7 Å². The number of esters is 1. The second-order valence-corrected chi connectivity index (χ2v) is 9.26. The van der Waals surface area contributed by atoms with Crippen molar-refractivity contribution in [2.75, 3.05) is 33.1 Å². The molecule has 1 fully saturated rings. The molecule has 0 unspecified atom stereocenters. The zero-order chi connectivity index (χ0) is 24.1. The van der Waals surface area contributed by atoms with E-state index in [4.69, 9.17) is 14.2 Å². The highest BCUT2D eigenvalue weighted by molar-refractivity contribution is 8.00. The van der Waals surface area contributed by atoms with Crippen LogP contribution in [-0.2, 0) is 27.3 Å². The molecule has 0 aromatic heterocycles. The SMILES string of the molecule is COc1cc2c(cc1OC)CN(C(=O)COC(=O)c1ccccc1SCC(=O)NC1CC1)CC2. The Balaban J connectivity index is 1.33. The Morgan fingerprint density at radius 3 is 2.47 bits per heavy atom. The second-order valence-electron chi connectivity index (χ2n) is 8.24. The van der Waals surface area contributed by atoms with Gasteiger partial charge in [-0.25, -0.2) is 4.79 Å². The Kier molecular flexibility index (Phi) is 7.62. The summed E-state index contributed by atoms with van der Waals surface area (Å²) in [6.45, 7) is 0.596. The van der Waals surface area contributed by atoms with Gasteiger partial charge in [-0.2, -0.15) is 0 Å². The highest BCUT2D eigenvalue weighted by Gasteiger charge is 2.25. The average Bonchev–Trinajstić information content (AvgIpc) is 3.68. The van der Waals surface area contributed by atoms with Crippen LogP contribution in [0.1, 0.15) is 34.3 Å². The molecule has 0 saturated heterocycles. The third kappa shape index (κ3) is 5.83. The molecule has 0 spiro atoms. The number of nitrogens with zero attached hydrogens (tertiary/aromatic N) is 1. The summed E-state index contributed by atoms with van der Waals surface area (Å²) in [5, 5.41) is 2.93. The number of rotatable bonds is 9. The van der Waals surface area contributed by atoms with Crippen LogP contribution in [0.2, 0.25) is 0 Å². The van der Waals surface area contributed by atoms with Gasteiger partial charge in [-0.15, -0.1) is 11.8 Å². The number of nitrogens with one attached hydrogen (secondary N) is 1. The smallest absolute Gasteiger partial charge is 0.339 e. The average molecular weight is 485 g/mol. The zero-order valence-electron chi connectivity index (χ0n) is 19.3. The number of amides is 2. The molecule has 1 heterocycles. The Bertz CT molecular complexity index is 1090. The number of hydrogen-bond acceptors (Lipinski definition) is 7. The molecule has 1 aliphatic heterocycles. The van der Waals surface area contributed by atoms with Gasteiger partial charge < -0.3 is 24.4 Å². The van der Waals surface area contributed by atoms with Crippen LogP contribution in [0, 0.1) is 0 Å². The summed E-state index contributed by atoms with van der Waals surface area (Å²) < 4.78 is 16.1. The summed E-state index contributed by atoms with van der Waals surface area (Å²) >= 11 is 1.28. The van der Waals surface area contributed by atoms with E-state index < -0.39 is 5.97 Å². The molecule has 8 nitrogen and oxygen atoms in total. The summed E-state index contributed by atoms with van der Waals surface area (Å²) in [6.07, 6.45) is 2.73. The summed E-state index contributed by atoms with van der Waals surface area (Å²) in [6, 6.07) is 11.1. The predicted octanol–water partition coefficient (Wildman–Crippen LogP) is 2.82. The number of carbonyl (C=O) groups excluding carboxylic acids is 3. The quantitative estimate of drug-likeness (QED) is 0.432. The van der Waals surface area contributed by atoms with Crippen LogP contribution >= 0.6 is 11.8 Å². The van der Waals surface area contributed by atoms with Gasteiger partial charge in [-0.1, -0.05) is 12.1 Å². The van der Waals surface area contributed by atoms with E-state index in [9.17, 15) is 14.4 Å². The van der Waals surface area contributed by atoms with Gasteiger partial charge in [0.1, 0.15) is 0 Å². The van der Waals surface area contributed by atoms with Gasteiger partial charge in [-0.3, -0.25) is 9.59 Å². The number of fused-ring (bicyclic) bond motifs is 1. The molecule has 1 N–H and O–H groups in total. The molecule has 180 valence electrons. The largest absolute Gasteiger partial charge is 0.493 e. The van der Waals surface area contributed by atoms with Gasteiger partial charge >= 0.3 is 5.97 Å². The molecular weight excluding hydrogens is 456 g/mol. The summed E-state index contributed by atoms with van der Waals surface area (Å²) in [4.78, 5) is 39.8. The van der Waals surface area contributed by atoms with E-state index in [0.29, 0.717) is 47.5 Å². The van der Waals surface area contributed by atoms with Crippen molar-refractivity contribution in [3.05, 3.63) is 53.1 Å². The van der Waals surface area contributed by atoms with E-state index in [0.717, 1.165) is 24.0 Å². The minimum atomic E-state index is -0.581. The maximum atomic E-state index is 12.8. The fraction of sp³-hybridized carbons (Fsp3) is 0.400. The minimum Gasteiger partial charge on any atom is -0.493 e. The van der Waals surface area contributed by atoms with E-state index in [1.54, 1.807) is 43.4 Å². The van der Waals surface area contributed by atoms with Crippen LogP contribution in [0.5, 0.6) is 11.5 Å². The third-order valence-corrected chi connectivity index (χ3v) is 6.88. The molecule has 1 saturated carbocycles. The van der Waals surface area contributed by atoms with Crippen molar-refractivity contribution in [3.63, 3.8) is 0 Å². The first-order chi connectivity index (χ1) is 16.5. The first-order valence-electron chi connectivity index (χ1n) is 11.2. The molecule has 9 heteroatoms. The van der Waals surface area contributed by atoms with Crippen molar-refractivity contribution < 1.29 is 28.6 Å². The number of benzene rings is 2. The molecule has 0 radical (unpaired) electrons. The van der Waals surface area contributed by atoms with Gasteiger partial charge in [0.25, 0.3) is 5.91 Å². The molecule has 2 aromatic rings. The summed E-state index contributed by atoms with van der Waals surface area (Å²) in [5.41, 5.74) is 2.44. The number of hydrogen-bond donors (Lipinski definition) is 1. The number of thioether (sulfide) groups is 1. The Labute approximate surface area is 202 Å². The second kappa shape index (κ2) is 10.8. The summed E-state index contributed by atoms with van der Waals surface area (Å²) in [7, 11) is 3.17. The lowest BCUT2D eigenvalue weighted by Gasteiger charge is -2.29. The lowest BCUT2D eigenvalue weighted by Crippen LogP contribution is -2.38. The molecule has 4 rings (SSSR count). The van der Waals surface area contributed by atoms with Crippen LogP contribution in [0.3, 0.4) is 0 Å². The Hall–Kier alpha value is -3.20. The van der Waals surface area contributed by atoms with Crippen molar-refractivity contribution in [1.82, 2.24) is 10.2 Å². The highest BCUT2D eigenvalue weighted by atomic mass is 32.2. The molecule has 34 heavy (non-hydrogen) atoms. The van der Waals surface area contributed by atoms with Gasteiger partial charge in [0.15, 0.2) is 18.1 Å². The molecule has 0 atom stereocenters. The maximum absolute atomic E-state index is 12.8. The third-order valence-electron chi connectivity index (χ3n) is 5.81. The van der Waals surface area contributed by atoms with E-state index in [2.05, 4.69) is 5.32 Å². The van der Waals surface area contributed by atoms with Crippen LogP contribution in [0.4, 0.5) is 0 Å². The molecule has 2 amide bonds. The van der Waals surface area contributed by atoms with E-state index in [-0.39, 0.29) is 24.2 Å². The van der Waals surface area contributed by atoms with Gasteiger partial charge in [0.2, 0.25) is 5.91 Å². The van der Waals surface area contributed by atoms with Crippen LogP contribution in [0.15, 0.2) is 41.3 Å². The van der Waals surface area contributed by atoms with Crippen LogP contribution in [-0.4, -0.2) is 61.8 Å². The highest BCUT2D eigenvalue weighted by Crippen LogP contribution is 2.33. The first kappa shape index (κ1) is 23.9. The minimum absolute atomic E-state index is 0.0505. The van der Waals surface area contributed by atoms with E-state index in [1.807, 2.05) is 12.1 Å². The first-order valence-corrected chi connectivity index (χ1v) is 12.2. The predicted molar refractivity (Wildman–Crippen MR) is 127 cm³/mol. The van der Waals surface area contributed by atoms with Crippen molar-refractivity contribution in [3.8, 4) is 11.5 Å². The molecule has 2 aliphatic rings. The zero-order valence-corrected chi connectivity index (χ0v) is 20.1. The van der Waals surface area contributed by atoms with Gasteiger partial charge in [0, 0.05) is 24.0 Å². The molecular formula is C25H28N2O6S. The number of carbonyl (C=O) groups is 3. The lowest BCUT2D eigenvalue weighted by molar-refractivity contribution is -0.135. The number of ether oxygens (including phenoxy) is 3. The summed E-state index contributed by atoms with van der Waals surface area (Å²) in [5.74, 6) is 0.607. The molecule has 0 bridgehead atoms. The Morgan fingerprint density at radius 1 is 1.06 bits per heavy atom. The van der Waals surface area contributed by atoms with Crippen LogP contribution < -0.4 is 14.8 Å². The van der Waals surface area contributed by atoms with Gasteiger partial charge in [0.05, 0.1) is 25.5 Å². The fourth-order valence-corrected chi connectivity index (χ4v) is 4.65. The van der Waals surface area contributed by atoms with Crippen molar-refractivity contribution in [2.24, 2.45) is 0 Å². The molecule has 1 aliphatic carbocycles. The lowest BCUT2D eigenvalue weighted by atomic mass is 9.99. The maximum Gasteiger partial charge on any atom is 0.339 e. The monoisotopic (exact) mass is 484 g/mol. The fourth-order valence-electron chi connectivity index (χ4n) is 3.79. The molecule has 2 aromatic carbocycles. The number of methoxy groups -OCH3 is 2. The Morgan fingerprint density at radius 2 is 1.76 bits per heavy atom. The van der Waals surface area contributed by atoms with Crippen LogP contribution in [0.25, 0.3) is 0 Å². The van der Waals surface area contributed by atoms with E-state index in [1.165, 1.54) is 11.8 Å². The van der Waals surface area contributed by atoms with Crippen molar-refractivity contribution in [2.45, 2.75) is 36.7 Å². The standard InChI is InChI=1S/C25H28N2O6S/c1-31-20-11-16-9-10-27(13-17(16)12-21(20)32-2)24(29)14-33-25(30)19-5-3-4-6-22(19)34-15-23(28)26-18-7-8-18/h3-6,11-12,18H,7-10,13-15H2,1-2H3,(H,26,28). The van der Waals surface area contributed by atoms with Crippen molar-refractivity contribution >= 4 is 29.5 Å². The normalized spacial score (nSPS) is 14.7. The topological polar surface area (TPSA) is 94.2 Å². The van der Waals surface area contributed by atoms with E-state index >= 15 is 0 Å². The van der Waals surface area contributed by atoms with Crippen molar-refractivity contribution in [1.29, 1.82) is 0 Å².